The second-order valence-corrected chi connectivity index (χ2v) is 6.11. The van der Waals surface area contributed by atoms with Crippen molar-refractivity contribution in [2.45, 2.75) is 51.9 Å². The molecule has 0 spiro atoms. The van der Waals surface area contributed by atoms with Crippen LogP contribution in [-0.4, -0.2) is 25.9 Å². The van der Waals surface area contributed by atoms with E-state index in [-0.39, 0.29) is 18.3 Å². The van der Waals surface area contributed by atoms with Crippen LogP contribution in [0.15, 0.2) is 12.1 Å². The molecule has 6 heteroatoms. The van der Waals surface area contributed by atoms with Crippen molar-refractivity contribution in [3.05, 3.63) is 29.3 Å². The van der Waals surface area contributed by atoms with E-state index < -0.39 is 17.9 Å². The van der Waals surface area contributed by atoms with Crippen LogP contribution in [0.25, 0.3) is 0 Å². The van der Waals surface area contributed by atoms with E-state index in [9.17, 15) is 13.2 Å². The number of halogens is 3. The van der Waals surface area contributed by atoms with E-state index in [1.807, 2.05) is 0 Å². The monoisotopic (exact) mass is 345 g/mol. The van der Waals surface area contributed by atoms with Gasteiger partial charge in [0.1, 0.15) is 11.6 Å². The van der Waals surface area contributed by atoms with Gasteiger partial charge in [-0.25, -0.2) is 8.78 Å². The maximum absolute atomic E-state index is 14.3. The molecule has 0 unspecified atom stereocenters. The van der Waals surface area contributed by atoms with Crippen LogP contribution in [0.3, 0.4) is 0 Å². The topological polar surface area (TPSA) is 30.5 Å². The first-order valence-corrected chi connectivity index (χ1v) is 8.63. The lowest BCUT2D eigenvalue weighted by atomic mass is 9.77. The van der Waals surface area contributed by atoms with Crippen molar-refractivity contribution < 1.29 is 22.6 Å². The third kappa shape index (κ3) is 4.86. The Bertz CT molecular complexity index is 492. The van der Waals surface area contributed by atoms with E-state index in [1.165, 1.54) is 12.1 Å². The van der Waals surface area contributed by atoms with E-state index in [2.05, 4.69) is 5.32 Å². The van der Waals surface area contributed by atoms with Gasteiger partial charge in [0, 0.05) is 24.9 Å². The number of rotatable bonds is 10. The lowest BCUT2D eigenvalue weighted by Gasteiger charge is -2.36. The smallest absolute Gasteiger partial charge is 0.189 e. The molecule has 2 rings (SSSR count). The van der Waals surface area contributed by atoms with Crippen molar-refractivity contribution >= 4 is 5.69 Å². The normalized spacial score (nSPS) is 20.2. The minimum Gasteiger partial charge on any atom is -0.382 e. The Labute approximate surface area is 141 Å². The van der Waals surface area contributed by atoms with Crippen molar-refractivity contribution in [3.63, 3.8) is 0 Å². The third-order valence-corrected chi connectivity index (χ3v) is 4.30. The Morgan fingerprint density at radius 3 is 2.21 bits per heavy atom. The van der Waals surface area contributed by atoms with E-state index in [0.29, 0.717) is 31.2 Å². The van der Waals surface area contributed by atoms with Crippen LogP contribution >= 0.6 is 0 Å². The average molecular weight is 345 g/mol. The van der Waals surface area contributed by atoms with E-state index in [0.717, 1.165) is 19.3 Å². The minimum atomic E-state index is -1.04. The van der Waals surface area contributed by atoms with Gasteiger partial charge in [-0.2, -0.15) is 0 Å². The predicted molar refractivity (Wildman–Crippen MR) is 87.7 cm³/mol. The molecular weight excluding hydrogens is 319 g/mol. The molecule has 0 heterocycles. The molecular formula is C18H26F3NO2. The fourth-order valence-corrected chi connectivity index (χ4v) is 3.10. The lowest BCUT2D eigenvalue weighted by Crippen LogP contribution is -2.35. The van der Waals surface area contributed by atoms with Gasteiger partial charge in [-0.1, -0.05) is 0 Å². The summed E-state index contributed by atoms with van der Waals surface area (Å²) in [5.74, 6) is -0.858. The molecule has 1 aromatic rings. The van der Waals surface area contributed by atoms with Gasteiger partial charge in [-0.05, 0) is 57.6 Å². The van der Waals surface area contributed by atoms with Crippen molar-refractivity contribution in [1.29, 1.82) is 0 Å². The molecule has 136 valence electrons. The highest BCUT2D eigenvalue weighted by Gasteiger charge is 2.29. The molecule has 0 aliphatic heterocycles. The largest absolute Gasteiger partial charge is 0.382 e. The number of alkyl halides is 1. The highest BCUT2D eigenvalue weighted by molar-refractivity contribution is 5.47. The molecule has 24 heavy (non-hydrogen) atoms. The number of hydrogen-bond acceptors (Lipinski definition) is 3. The molecule has 0 bridgehead atoms. The van der Waals surface area contributed by atoms with Crippen LogP contribution < -0.4 is 5.32 Å². The highest BCUT2D eigenvalue weighted by atomic mass is 19.1. The summed E-state index contributed by atoms with van der Waals surface area (Å²) in [5.41, 5.74) is 0.216. The standard InChI is InChI=1S/C18H26F3NO2/c1-3-23-18(24-4-2)17-15(20)10-14(11-16(17)21)22-13-8-12(9-13)6-5-7-19/h10-13,18,22H,3-9H2,1-2H3. The van der Waals surface area contributed by atoms with Crippen molar-refractivity contribution in [3.8, 4) is 0 Å². The number of hydrogen-bond donors (Lipinski definition) is 1. The molecule has 1 fully saturated rings. The number of anilines is 1. The van der Waals surface area contributed by atoms with Gasteiger partial charge in [0.05, 0.1) is 12.2 Å². The van der Waals surface area contributed by atoms with E-state index in [4.69, 9.17) is 9.47 Å². The third-order valence-electron chi connectivity index (χ3n) is 4.30. The Kier molecular flexibility index (Phi) is 7.37. The highest BCUT2D eigenvalue weighted by Crippen LogP contribution is 2.35. The summed E-state index contributed by atoms with van der Waals surface area (Å²) in [5, 5.41) is 3.14. The maximum Gasteiger partial charge on any atom is 0.189 e. The average Bonchev–Trinajstić information content (AvgIpc) is 2.49. The van der Waals surface area contributed by atoms with Gasteiger partial charge in [-0.15, -0.1) is 0 Å². The molecule has 0 aromatic heterocycles. The van der Waals surface area contributed by atoms with Gasteiger partial charge in [0.2, 0.25) is 0 Å². The summed E-state index contributed by atoms with van der Waals surface area (Å²) in [4.78, 5) is 0. The quantitative estimate of drug-likeness (QED) is 0.607. The summed E-state index contributed by atoms with van der Waals surface area (Å²) in [6.07, 6.45) is 2.24. The van der Waals surface area contributed by atoms with E-state index >= 15 is 0 Å². The van der Waals surface area contributed by atoms with Crippen molar-refractivity contribution in [2.24, 2.45) is 5.92 Å². The number of benzene rings is 1. The number of nitrogens with one attached hydrogen (secondary N) is 1. The molecule has 1 aliphatic carbocycles. The first kappa shape index (κ1) is 19.1. The molecule has 0 saturated heterocycles. The summed E-state index contributed by atoms with van der Waals surface area (Å²) in [7, 11) is 0. The predicted octanol–water partition coefficient (Wildman–Crippen LogP) is 4.98. The van der Waals surface area contributed by atoms with Crippen LogP contribution in [0.1, 0.15) is 51.4 Å². The van der Waals surface area contributed by atoms with Gasteiger partial charge in [0.25, 0.3) is 0 Å². The zero-order valence-corrected chi connectivity index (χ0v) is 14.3. The second-order valence-electron chi connectivity index (χ2n) is 6.11. The minimum absolute atomic E-state index is 0.189. The van der Waals surface area contributed by atoms with Gasteiger partial charge >= 0.3 is 0 Å². The van der Waals surface area contributed by atoms with Gasteiger partial charge < -0.3 is 14.8 Å². The number of ether oxygens (including phenoxy) is 2. The fourth-order valence-electron chi connectivity index (χ4n) is 3.10. The fraction of sp³-hybridized carbons (Fsp3) is 0.667. The molecule has 3 nitrogen and oxygen atoms in total. The van der Waals surface area contributed by atoms with Gasteiger partial charge in [-0.3, -0.25) is 4.39 Å². The Balaban J connectivity index is 1.99. The molecule has 1 saturated carbocycles. The first-order valence-electron chi connectivity index (χ1n) is 8.63. The summed E-state index contributed by atoms with van der Waals surface area (Å²) < 4.78 is 51.4. The summed E-state index contributed by atoms with van der Waals surface area (Å²) in [6, 6.07) is 2.74. The van der Waals surface area contributed by atoms with E-state index in [1.54, 1.807) is 13.8 Å². The van der Waals surface area contributed by atoms with Crippen LogP contribution in [-0.2, 0) is 9.47 Å². The Hall–Kier alpha value is -1.27. The molecule has 1 aliphatic rings. The maximum atomic E-state index is 14.3. The van der Waals surface area contributed by atoms with Crippen LogP contribution in [0, 0.1) is 17.6 Å². The Morgan fingerprint density at radius 2 is 1.71 bits per heavy atom. The Morgan fingerprint density at radius 1 is 1.12 bits per heavy atom. The summed E-state index contributed by atoms with van der Waals surface area (Å²) in [6.45, 7) is 3.80. The lowest BCUT2D eigenvalue weighted by molar-refractivity contribution is -0.143. The van der Waals surface area contributed by atoms with Crippen molar-refractivity contribution in [1.82, 2.24) is 0 Å². The van der Waals surface area contributed by atoms with Gasteiger partial charge in [0.15, 0.2) is 6.29 Å². The van der Waals surface area contributed by atoms with Crippen molar-refractivity contribution in [2.75, 3.05) is 25.2 Å². The first-order chi connectivity index (χ1) is 11.6. The van der Waals surface area contributed by atoms with Crippen LogP contribution in [0.5, 0.6) is 0 Å². The van der Waals surface area contributed by atoms with Crippen LogP contribution in [0.4, 0.5) is 18.9 Å². The second kappa shape index (κ2) is 9.28. The zero-order valence-electron chi connectivity index (χ0n) is 14.3. The van der Waals surface area contributed by atoms with Crippen LogP contribution in [0.2, 0.25) is 0 Å². The molecule has 0 atom stereocenters. The zero-order chi connectivity index (χ0) is 17.5. The SMILES string of the molecule is CCOC(OCC)c1c(F)cc(NC2CC(CCCF)C2)cc1F. The summed E-state index contributed by atoms with van der Waals surface area (Å²) >= 11 is 0. The molecule has 1 N–H and O–H groups in total. The molecule has 0 amide bonds. The molecule has 1 aromatic carbocycles. The molecule has 0 radical (unpaired) electrons.